The fourth-order valence-corrected chi connectivity index (χ4v) is 4.52. The van der Waals surface area contributed by atoms with E-state index in [1.807, 2.05) is 61.0 Å². The Labute approximate surface area is 184 Å². The molecule has 164 valence electrons. The molecule has 0 bridgehead atoms. The number of nitrogen functional groups attached to an aromatic ring is 1. The topological polar surface area (TPSA) is 107 Å². The lowest BCUT2D eigenvalue weighted by atomic mass is 10.1. The summed E-state index contributed by atoms with van der Waals surface area (Å²) in [5.41, 5.74) is 7.62. The number of nitrogens with zero attached hydrogens (tertiary/aromatic N) is 4. The molecular formula is C23H23N5O4. The van der Waals surface area contributed by atoms with Crippen molar-refractivity contribution in [2.24, 2.45) is 0 Å². The molecule has 2 aliphatic rings. The van der Waals surface area contributed by atoms with Gasteiger partial charge in [0.15, 0.2) is 12.0 Å². The maximum absolute atomic E-state index is 6.39. The normalized spacial score (nSPS) is 26.6. The summed E-state index contributed by atoms with van der Waals surface area (Å²) < 4.78 is 26.8. The summed E-state index contributed by atoms with van der Waals surface area (Å²) in [6.07, 6.45) is 3.68. The molecule has 4 aromatic rings. The number of pyridine rings is 1. The molecule has 0 unspecified atom stereocenters. The van der Waals surface area contributed by atoms with Gasteiger partial charge in [0.25, 0.3) is 0 Å². The average molecular weight is 433 g/mol. The summed E-state index contributed by atoms with van der Waals surface area (Å²) in [6, 6.07) is 11.8. The van der Waals surface area contributed by atoms with E-state index >= 15 is 0 Å². The smallest absolute Gasteiger partial charge is 0.164 e. The molecule has 2 aliphatic heterocycles. The maximum Gasteiger partial charge on any atom is 0.164 e. The lowest BCUT2D eigenvalue weighted by Crippen LogP contribution is -2.33. The molecule has 0 amide bonds. The van der Waals surface area contributed by atoms with Crippen LogP contribution < -0.4 is 10.5 Å². The lowest BCUT2D eigenvalue weighted by Gasteiger charge is -2.25. The highest BCUT2D eigenvalue weighted by atomic mass is 16.8. The SMILES string of the molecule is CC1(C)O[C@@H]2[C@H](O1)[C@@H](COc1cnc3ccccc3c1)O[C@H]2n1ccc2c(N)ncnc21. The monoisotopic (exact) mass is 433 g/mol. The van der Waals surface area contributed by atoms with Crippen LogP contribution in [0.4, 0.5) is 5.82 Å². The second kappa shape index (κ2) is 7.13. The second-order valence-electron chi connectivity index (χ2n) is 8.52. The maximum atomic E-state index is 6.39. The highest BCUT2D eigenvalue weighted by Gasteiger charge is 2.56. The summed E-state index contributed by atoms with van der Waals surface area (Å²) in [5, 5.41) is 1.79. The lowest BCUT2D eigenvalue weighted by molar-refractivity contribution is -0.198. The van der Waals surface area contributed by atoms with E-state index in [1.54, 1.807) is 6.20 Å². The summed E-state index contributed by atoms with van der Waals surface area (Å²) >= 11 is 0. The van der Waals surface area contributed by atoms with Crippen molar-refractivity contribution in [2.75, 3.05) is 12.3 Å². The number of anilines is 1. The number of aromatic nitrogens is 4. The van der Waals surface area contributed by atoms with Crippen molar-refractivity contribution in [1.82, 2.24) is 19.5 Å². The molecule has 5 heterocycles. The molecule has 9 nitrogen and oxygen atoms in total. The molecule has 2 fully saturated rings. The molecule has 3 aromatic heterocycles. The molecular weight excluding hydrogens is 410 g/mol. The first-order chi connectivity index (χ1) is 15.5. The van der Waals surface area contributed by atoms with Gasteiger partial charge < -0.3 is 29.2 Å². The molecule has 0 spiro atoms. The van der Waals surface area contributed by atoms with Crippen LogP contribution in [0.5, 0.6) is 5.75 Å². The largest absolute Gasteiger partial charge is 0.489 e. The zero-order valence-electron chi connectivity index (χ0n) is 17.7. The van der Waals surface area contributed by atoms with Crippen LogP contribution >= 0.6 is 0 Å². The fourth-order valence-electron chi connectivity index (χ4n) is 4.52. The highest BCUT2D eigenvalue weighted by Crippen LogP contribution is 2.44. The molecule has 0 radical (unpaired) electrons. The van der Waals surface area contributed by atoms with Crippen molar-refractivity contribution in [3.8, 4) is 5.75 Å². The van der Waals surface area contributed by atoms with Crippen LogP contribution in [0.2, 0.25) is 0 Å². The van der Waals surface area contributed by atoms with Gasteiger partial charge in [-0.1, -0.05) is 18.2 Å². The highest BCUT2D eigenvalue weighted by molar-refractivity contribution is 5.86. The van der Waals surface area contributed by atoms with Gasteiger partial charge in [0.1, 0.15) is 48.5 Å². The minimum absolute atomic E-state index is 0.292. The van der Waals surface area contributed by atoms with Crippen molar-refractivity contribution in [3.05, 3.63) is 55.1 Å². The van der Waals surface area contributed by atoms with Crippen molar-refractivity contribution in [1.29, 1.82) is 0 Å². The number of rotatable bonds is 4. The van der Waals surface area contributed by atoms with E-state index < -0.39 is 12.0 Å². The Bertz CT molecular complexity index is 1310. The van der Waals surface area contributed by atoms with Crippen LogP contribution in [0.15, 0.2) is 55.1 Å². The molecule has 0 saturated carbocycles. The van der Waals surface area contributed by atoms with Crippen LogP contribution in [0.3, 0.4) is 0 Å². The Morgan fingerprint density at radius 1 is 1.09 bits per heavy atom. The molecule has 32 heavy (non-hydrogen) atoms. The number of nitrogens with two attached hydrogens (primary N) is 1. The van der Waals surface area contributed by atoms with Gasteiger partial charge in [-0.15, -0.1) is 0 Å². The number of benzene rings is 1. The van der Waals surface area contributed by atoms with Gasteiger partial charge in [-0.05, 0) is 32.0 Å². The zero-order chi connectivity index (χ0) is 21.9. The van der Waals surface area contributed by atoms with Gasteiger partial charge in [-0.2, -0.15) is 0 Å². The van der Waals surface area contributed by atoms with E-state index in [0.717, 1.165) is 16.3 Å². The van der Waals surface area contributed by atoms with Crippen molar-refractivity contribution >= 4 is 27.8 Å². The van der Waals surface area contributed by atoms with Crippen LogP contribution in [-0.4, -0.2) is 50.2 Å². The summed E-state index contributed by atoms with van der Waals surface area (Å²) in [4.78, 5) is 12.9. The Morgan fingerprint density at radius 3 is 2.84 bits per heavy atom. The molecule has 1 aromatic carbocycles. The third-order valence-corrected chi connectivity index (χ3v) is 5.92. The number of fused-ring (bicyclic) bond motifs is 3. The van der Waals surface area contributed by atoms with Gasteiger partial charge in [0.05, 0.1) is 17.1 Å². The van der Waals surface area contributed by atoms with Crippen LogP contribution in [0.25, 0.3) is 21.9 Å². The van der Waals surface area contributed by atoms with Gasteiger partial charge in [0, 0.05) is 11.6 Å². The molecule has 6 rings (SSSR count). The van der Waals surface area contributed by atoms with Crippen LogP contribution in [0, 0.1) is 0 Å². The third kappa shape index (κ3) is 3.17. The first kappa shape index (κ1) is 19.4. The minimum atomic E-state index is -0.725. The first-order valence-electron chi connectivity index (χ1n) is 10.5. The molecule has 2 N–H and O–H groups in total. The Morgan fingerprint density at radius 2 is 1.94 bits per heavy atom. The van der Waals surface area contributed by atoms with Gasteiger partial charge >= 0.3 is 0 Å². The standard InChI is InChI=1S/C23H23N5O4/c1-23(2)31-18-17(11-29-14-9-13-5-3-4-6-16(13)25-10-14)30-22(19(18)32-23)28-8-7-15-20(24)26-12-27-21(15)28/h3-10,12,17-19,22H,11H2,1-2H3,(H2,24,26,27)/t17-,18-,19-,22-/m1/s1. The number of hydrogen-bond acceptors (Lipinski definition) is 8. The fraction of sp³-hybridized carbons (Fsp3) is 0.348. The quantitative estimate of drug-likeness (QED) is 0.523. The zero-order valence-corrected chi connectivity index (χ0v) is 17.7. The van der Waals surface area contributed by atoms with E-state index in [4.69, 9.17) is 24.7 Å². The molecule has 0 aliphatic carbocycles. The first-order valence-corrected chi connectivity index (χ1v) is 10.5. The van der Waals surface area contributed by atoms with Gasteiger partial charge in [0.2, 0.25) is 0 Å². The van der Waals surface area contributed by atoms with E-state index in [1.165, 1.54) is 6.33 Å². The predicted molar refractivity (Wildman–Crippen MR) is 117 cm³/mol. The van der Waals surface area contributed by atoms with Crippen molar-refractivity contribution in [2.45, 2.75) is 44.2 Å². The average Bonchev–Trinajstić information content (AvgIpc) is 3.44. The van der Waals surface area contributed by atoms with Crippen molar-refractivity contribution < 1.29 is 18.9 Å². The minimum Gasteiger partial charge on any atom is -0.489 e. The third-order valence-electron chi connectivity index (χ3n) is 5.92. The Balaban J connectivity index is 1.28. The van der Waals surface area contributed by atoms with E-state index in [-0.39, 0.29) is 18.3 Å². The van der Waals surface area contributed by atoms with Gasteiger partial charge in [-0.3, -0.25) is 4.98 Å². The van der Waals surface area contributed by atoms with Crippen LogP contribution in [-0.2, 0) is 14.2 Å². The van der Waals surface area contributed by atoms with Crippen molar-refractivity contribution in [3.63, 3.8) is 0 Å². The summed E-state index contributed by atoms with van der Waals surface area (Å²) in [5.74, 6) is 0.380. The Kier molecular flexibility index (Phi) is 4.32. The molecule has 4 atom stereocenters. The summed E-state index contributed by atoms with van der Waals surface area (Å²) in [7, 11) is 0. The van der Waals surface area contributed by atoms with E-state index in [9.17, 15) is 0 Å². The van der Waals surface area contributed by atoms with Crippen LogP contribution in [0.1, 0.15) is 20.1 Å². The predicted octanol–water partition coefficient (Wildman–Crippen LogP) is 3.06. The Hall–Kier alpha value is -3.27. The summed E-state index contributed by atoms with van der Waals surface area (Å²) in [6.45, 7) is 4.11. The van der Waals surface area contributed by atoms with E-state index in [2.05, 4.69) is 15.0 Å². The number of para-hydroxylation sites is 1. The van der Waals surface area contributed by atoms with E-state index in [0.29, 0.717) is 23.8 Å². The molecule has 9 heteroatoms. The second-order valence-corrected chi connectivity index (χ2v) is 8.52. The molecule has 2 saturated heterocycles. The number of hydrogen-bond donors (Lipinski definition) is 1. The van der Waals surface area contributed by atoms with Gasteiger partial charge in [-0.25, -0.2) is 9.97 Å². The number of ether oxygens (including phenoxy) is 4.